The summed E-state index contributed by atoms with van der Waals surface area (Å²) in [4.78, 5) is 27.8. The lowest BCUT2D eigenvalue weighted by molar-refractivity contribution is -0.113. The molecule has 1 heterocycles. The summed E-state index contributed by atoms with van der Waals surface area (Å²) in [5, 5.41) is 12.5. The molecule has 6 heteroatoms. The standard InChI is InChI=1S/C18H17N3O2S/c1-11-4-6-15(7-5-11)21-17(23)10-24-18-14(9-19)8-16(13(3)22)12(2)20-18/h4-8H,10H2,1-3H3,(H,21,23). The molecule has 1 aromatic carbocycles. The highest BCUT2D eigenvalue weighted by Crippen LogP contribution is 2.23. The van der Waals surface area contributed by atoms with E-state index in [0.717, 1.165) is 11.3 Å². The second-order valence-corrected chi connectivity index (χ2v) is 6.31. The molecule has 24 heavy (non-hydrogen) atoms. The van der Waals surface area contributed by atoms with E-state index in [2.05, 4.69) is 10.3 Å². The van der Waals surface area contributed by atoms with Gasteiger partial charge in [-0.05, 0) is 39.0 Å². The highest BCUT2D eigenvalue weighted by Gasteiger charge is 2.14. The van der Waals surface area contributed by atoms with Crippen LogP contribution in [0.4, 0.5) is 5.69 Å². The maximum absolute atomic E-state index is 12.0. The van der Waals surface area contributed by atoms with Gasteiger partial charge >= 0.3 is 0 Å². The van der Waals surface area contributed by atoms with Gasteiger partial charge in [0.1, 0.15) is 11.1 Å². The van der Waals surface area contributed by atoms with Crippen molar-refractivity contribution in [1.29, 1.82) is 5.26 Å². The van der Waals surface area contributed by atoms with Crippen LogP contribution in [0.15, 0.2) is 35.4 Å². The normalized spacial score (nSPS) is 10.1. The third-order valence-electron chi connectivity index (χ3n) is 3.35. The van der Waals surface area contributed by atoms with Gasteiger partial charge < -0.3 is 5.32 Å². The largest absolute Gasteiger partial charge is 0.325 e. The first kappa shape index (κ1) is 17.7. The van der Waals surface area contributed by atoms with Gasteiger partial charge in [0.25, 0.3) is 0 Å². The van der Waals surface area contributed by atoms with Crippen molar-refractivity contribution in [3.8, 4) is 6.07 Å². The first-order valence-electron chi connectivity index (χ1n) is 7.32. The van der Waals surface area contributed by atoms with Crippen molar-refractivity contribution in [1.82, 2.24) is 4.98 Å². The number of amides is 1. The van der Waals surface area contributed by atoms with Crippen LogP contribution in [0.1, 0.15) is 34.1 Å². The van der Waals surface area contributed by atoms with E-state index < -0.39 is 0 Å². The zero-order valence-corrected chi connectivity index (χ0v) is 14.5. The summed E-state index contributed by atoms with van der Waals surface area (Å²) in [6.07, 6.45) is 0. The van der Waals surface area contributed by atoms with Gasteiger partial charge in [0, 0.05) is 16.9 Å². The molecule has 2 aromatic rings. The van der Waals surface area contributed by atoms with Gasteiger partial charge in [0.05, 0.1) is 11.3 Å². The quantitative estimate of drug-likeness (QED) is 0.666. The number of ketones is 1. The SMILES string of the molecule is CC(=O)c1cc(C#N)c(SCC(=O)Nc2ccc(C)cc2)nc1C. The van der Waals surface area contributed by atoms with E-state index in [4.69, 9.17) is 0 Å². The van der Waals surface area contributed by atoms with Gasteiger partial charge in [0.15, 0.2) is 5.78 Å². The number of anilines is 1. The Balaban J connectivity index is 2.07. The van der Waals surface area contributed by atoms with Gasteiger partial charge in [-0.25, -0.2) is 4.98 Å². The molecule has 0 atom stereocenters. The Morgan fingerprint density at radius 2 is 1.92 bits per heavy atom. The first-order valence-corrected chi connectivity index (χ1v) is 8.31. The molecule has 1 amide bonds. The second kappa shape index (κ2) is 7.75. The summed E-state index contributed by atoms with van der Waals surface area (Å²) in [5.41, 5.74) is 3.14. The molecule has 0 saturated carbocycles. The van der Waals surface area contributed by atoms with E-state index in [9.17, 15) is 14.9 Å². The van der Waals surface area contributed by atoms with Crippen molar-refractivity contribution in [3.63, 3.8) is 0 Å². The van der Waals surface area contributed by atoms with Gasteiger partial charge in [-0.3, -0.25) is 9.59 Å². The first-order chi connectivity index (χ1) is 11.4. The average Bonchev–Trinajstić information content (AvgIpc) is 2.54. The van der Waals surface area contributed by atoms with Crippen LogP contribution >= 0.6 is 11.8 Å². The molecule has 0 fully saturated rings. The number of nitrogens with zero attached hydrogens (tertiary/aromatic N) is 2. The minimum atomic E-state index is -0.178. The average molecular weight is 339 g/mol. The van der Waals surface area contributed by atoms with Gasteiger partial charge in [-0.1, -0.05) is 29.5 Å². The molecule has 0 saturated heterocycles. The Bertz CT molecular complexity index is 823. The van der Waals surface area contributed by atoms with E-state index >= 15 is 0 Å². The number of thioether (sulfide) groups is 1. The Morgan fingerprint density at radius 1 is 1.25 bits per heavy atom. The van der Waals surface area contributed by atoms with Crippen LogP contribution in [-0.4, -0.2) is 22.4 Å². The Hall–Kier alpha value is -2.65. The molecular weight excluding hydrogens is 322 g/mol. The van der Waals surface area contributed by atoms with Crippen LogP contribution in [0.5, 0.6) is 0 Å². The molecule has 5 nitrogen and oxygen atoms in total. The van der Waals surface area contributed by atoms with Crippen molar-refractivity contribution in [2.45, 2.75) is 25.8 Å². The number of nitriles is 1. The molecule has 122 valence electrons. The van der Waals surface area contributed by atoms with Crippen molar-refractivity contribution in [2.75, 3.05) is 11.1 Å². The highest BCUT2D eigenvalue weighted by molar-refractivity contribution is 8.00. The topological polar surface area (TPSA) is 82.8 Å². The number of benzene rings is 1. The van der Waals surface area contributed by atoms with E-state index in [1.54, 1.807) is 6.92 Å². The predicted octanol–water partition coefficient (Wildman–Crippen LogP) is 3.50. The van der Waals surface area contributed by atoms with Gasteiger partial charge in [-0.2, -0.15) is 5.26 Å². The van der Waals surface area contributed by atoms with Crippen LogP contribution in [0.3, 0.4) is 0 Å². The molecule has 0 aliphatic rings. The maximum atomic E-state index is 12.0. The lowest BCUT2D eigenvalue weighted by Crippen LogP contribution is -2.14. The third-order valence-corrected chi connectivity index (χ3v) is 4.34. The van der Waals surface area contributed by atoms with E-state index in [1.807, 2.05) is 37.3 Å². The zero-order chi connectivity index (χ0) is 17.7. The molecular formula is C18H17N3O2S. The molecule has 1 aromatic heterocycles. The summed E-state index contributed by atoms with van der Waals surface area (Å²) in [5.74, 6) is -0.179. The number of hydrogen-bond acceptors (Lipinski definition) is 5. The van der Waals surface area contributed by atoms with Crippen LogP contribution in [0.25, 0.3) is 0 Å². The van der Waals surface area contributed by atoms with Crippen LogP contribution in [0, 0.1) is 25.2 Å². The van der Waals surface area contributed by atoms with Crippen LogP contribution in [0.2, 0.25) is 0 Å². The smallest absolute Gasteiger partial charge is 0.234 e. The number of aromatic nitrogens is 1. The molecule has 0 aliphatic heterocycles. The Morgan fingerprint density at radius 3 is 2.50 bits per heavy atom. The summed E-state index contributed by atoms with van der Waals surface area (Å²) in [6, 6.07) is 11.1. The summed E-state index contributed by atoms with van der Waals surface area (Å²) >= 11 is 1.18. The van der Waals surface area contributed by atoms with Crippen molar-refractivity contribution >= 4 is 29.1 Å². The van der Waals surface area contributed by atoms with Gasteiger partial charge in [-0.15, -0.1) is 0 Å². The Kier molecular flexibility index (Phi) is 5.72. The number of pyridine rings is 1. The fourth-order valence-electron chi connectivity index (χ4n) is 2.10. The lowest BCUT2D eigenvalue weighted by Gasteiger charge is -2.08. The third kappa shape index (κ3) is 4.43. The van der Waals surface area contributed by atoms with E-state index in [0.29, 0.717) is 21.8 Å². The summed E-state index contributed by atoms with van der Waals surface area (Å²) in [6.45, 7) is 5.13. The number of rotatable bonds is 5. The zero-order valence-electron chi connectivity index (χ0n) is 13.7. The number of carbonyl (C=O) groups excluding carboxylic acids is 2. The number of nitrogens with one attached hydrogen (secondary N) is 1. The Labute approximate surface area is 145 Å². The van der Waals surface area contributed by atoms with E-state index in [1.165, 1.54) is 24.8 Å². The minimum absolute atomic E-state index is 0.133. The van der Waals surface area contributed by atoms with Crippen LogP contribution < -0.4 is 5.32 Å². The fraction of sp³-hybridized carbons (Fsp3) is 0.222. The number of hydrogen-bond donors (Lipinski definition) is 1. The van der Waals surface area contributed by atoms with Gasteiger partial charge in [0.2, 0.25) is 5.91 Å². The maximum Gasteiger partial charge on any atom is 0.234 e. The minimum Gasteiger partial charge on any atom is -0.325 e. The number of Topliss-reactive ketones (excluding diaryl/α,β-unsaturated/α-hetero) is 1. The van der Waals surface area contributed by atoms with E-state index in [-0.39, 0.29) is 17.4 Å². The molecule has 0 unspecified atom stereocenters. The monoisotopic (exact) mass is 339 g/mol. The van der Waals surface area contributed by atoms with Crippen LogP contribution in [-0.2, 0) is 4.79 Å². The lowest BCUT2D eigenvalue weighted by atomic mass is 10.1. The molecule has 0 spiro atoms. The predicted molar refractivity (Wildman–Crippen MR) is 94.2 cm³/mol. The van der Waals surface area contributed by atoms with Crippen molar-refractivity contribution < 1.29 is 9.59 Å². The van der Waals surface area contributed by atoms with Crippen molar-refractivity contribution in [3.05, 3.63) is 52.7 Å². The molecule has 1 N–H and O–H groups in total. The fourth-order valence-corrected chi connectivity index (χ4v) is 2.90. The number of carbonyl (C=O) groups is 2. The summed E-state index contributed by atoms with van der Waals surface area (Å²) in [7, 11) is 0. The summed E-state index contributed by atoms with van der Waals surface area (Å²) < 4.78 is 0. The molecule has 0 aliphatic carbocycles. The van der Waals surface area contributed by atoms with Crippen molar-refractivity contribution in [2.24, 2.45) is 0 Å². The molecule has 0 bridgehead atoms. The number of aryl methyl sites for hydroxylation is 2. The highest BCUT2D eigenvalue weighted by atomic mass is 32.2. The molecule has 0 radical (unpaired) electrons. The second-order valence-electron chi connectivity index (χ2n) is 5.34. The molecule has 2 rings (SSSR count).